The molecule has 0 radical (unpaired) electrons. The van der Waals surface area contributed by atoms with E-state index in [0.717, 1.165) is 69.4 Å². The van der Waals surface area contributed by atoms with E-state index >= 15 is 0 Å². The van der Waals surface area contributed by atoms with E-state index < -0.39 is 11.3 Å². The highest BCUT2D eigenvalue weighted by Gasteiger charge is 2.58. The standard InChI is InChI=1S/C27H36F2N2O3/c28-20-1-2-23(27(33)9-13-34-14-10-27)22(15-20)19-4-11-30(12-5-19)21-3-6-25(16-21)17-31(18-25)24(32)26(29)7-8-26/h1-2,15,19,21,33H,3-14,16-18H2/t21-/m0/s1. The normalized spacial score (nSPS) is 30.3. The third-order valence-electron chi connectivity index (χ3n) is 9.41. The van der Waals surface area contributed by atoms with E-state index in [2.05, 4.69) is 4.90 Å². The Morgan fingerprint density at radius 2 is 1.74 bits per heavy atom. The lowest BCUT2D eigenvalue weighted by molar-refractivity contribution is -0.150. The lowest BCUT2D eigenvalue weighted by atomic mass is 9.77. The predicted octanol–water partition coefficient (Wildman–Crippen LogP) is 3.89. The van der Waals surface area contributed by atoms with Gasteiger partial charge in [-0.2, -0.15) is 0 Å². The molecule has 186 valence electrons. The Morgan fingerprint density at radius 3 is 2.41 bits per heavy atom. The van der Waals surface area contributed by atoms with E-state index in [4.69, 9.17) is 4.74 Å². The van der Waals surface area contributed by atoms with Crippen LogP contribution in [0.1, 0.15) is 74.8 Å². The summed E-state index contributed by atoms with van der Waals surface area (Å²) in [6, 6.07) is 5.42. The zero-order chi connectivity index (χ0) is 23.6. The first-order valence-corrected chi connectivity index (χ1v) is 13.1. The van der Waals surface area contributed by atoms with E-state index in [1.54, 1.807) is 17.0 Å². The highest BCUT2D eigenvalue weighted by molar-refractivity contribution is 5.88. The number of benzene rings is 1. The summed E-state index contributed by atoms with van der Waals surface area (Å²) in [5.74, 6) is -0.264. The molecule has 1 aromatic rings. The molecule has 2 saturated carbocycles. The average Bonchev–Trinajstić information content (AvgIpc) is 3.41. The molecular weight excluding hydrogens is 438 g/mol. The van der Waals surface area contributed by atoms with Crippen molar-refractivity contribution in [2.75, 3.05) is 39.4 Å². The molecule has 0 aromatic heterocycles. The third-order valence-corrected chi connectivity index (χ3v) is 9.41. The van der Waals surface area contributed by atoms with Crippen molar-refractivity contribution in [1.29, 1.82) is 0 Å². The molecule has 3 aliphatic heterocycles. The first kappa shape index (κ1) is 22.9. The number of amides is 1. The topological polar surface area (TPSA) is 53.0 Å². The van der Waals surface area contributed by atoms with Crippen LogP contribution in [0.2, 0.25) is 0 Å². The molecular formula is C27H36F2N2O3. The van der Waals surface area contributed by atoms with Gasteiger partial charge in [-0.3, -0.25) is 4.79 Å². The van der Waals surface area contributed by atoms with E-state index in [1.807, 2.05) is 0 Å². The molecule has 1 aromatic carbocycles. The molecule has 1 spiro atoms. The molecule has 5 aliphatic rings. The van der Waals surface area contributed by atoms with Crippen molar-refractivity contribution in [3.05, 3.63) is 35.1 Å². The number of aliphatic hydroxyl groups is 1. The molecule has 3 heterocycles. The molecule has 1 atom stereocenters. The first-order chi connectivity index (χ1) is 16.3. The van der Waals surface area contributed by atoms with Gasteiger partial charge in [-0.25, -0.2) is 8.78 Å². The van der Waals surface area contributed by atoms with Crippen LogP contribution in [-0.2, 0) is 15.1 Å². The molecule has 3 saturated heterocycles. The number of carbonyl (C=O) groups is 1. The summed E-state index contributed by atoms with van der Waals surface area (Å²) in [5.41, 5.74) is -0.432. The van der Waals surface area contributed by atoms with Gasteiger partial charge in [0.25, 0.3) is 5.91 Å². The number of carbonyl (C=O) groups excluding carboxylic acids is 1. The Kier molecular flexibility index (Phi) is 5.54. The highest BCUT2D eigenvalue weighted by atomic mass is 19.1. The maximum absolute atomic E-state index is 14.2. The summed E-state index contributed by atoms with van der Waals surface area (Å²) in [6.07, 6.45) is 7.16. The van der Waals surface area contributed by atoms with Gasteiger partial charge < -0.3 is 19.6 Å². The van der Waals surface area contributed by atoms with E-state index in [9.17, 15) is 18.7 Å². The van der Waals surface area contributed by atoms with E-state index in [-0.39, 0.29) is 23.1 Å². The van der Waals surface area contributed by atoms with Crippen LogP contribution in [0, 0.1) is 11.2 Å². The number of likely N-dealkylation sites (tertiary alicyclic amines) is 2. The number of halogens is 2. The van der Waals surface area contributed by atoms with E-state index in [1.165, 1.54) is 6.07 Å². The van der Waals surface area contributed by atoms with Crippen molar-refractivity contribution < 1.29 is 23.4 Å². The van der Waals surface area contributed by atoms with Gasteiger partial charge in [-0.1, -0.05) is 6.07 Å². The highest BCUT2D eigenvalue weighted by Crippen LogP contribution is 2.51. The van der Waals surface area contributed by atoms with Gasteiger partial charge in [0.2, 0.25) is 0 Å². The van der Waals surface area contributed by atoms with Gasteiger partial charge in [0, 0.05) is 50.6 Å². The van der Waals surface area contributed by atoms with Gasteiger partial charge in [0.1, 0.15) is 5.82 Å². The minimum atomic E-state index is -1.55. The second-order valence-corrected chi connectivity index (χ2v) is 11.7. The van der Waals surface area contributed by atoms with Crippen molar-refractivity contribution in [2.45, 2.75) is 81.0 Å². The Morgan fingerprint density at radius 1 is 1.03 bits per heavy atom. The van der Waals surface area contributed by atoms with Crippen LogP contribution in [0.15, 0.2) is 18.2 Å². The SMILES string of the molecule is O=C(N1CC2(CC[C@H](N3CCC(c4cc(F)ccc4C4(O)CCOCC4)CC3)C2)C1)C1(F)CC1. The maximum Gasteiger partial charge on any atom is 0.260 e. The molecule has 5 fully saturated rings. The van der Waals surface area contributed by atoms with E-state index in [0.29, 0.717) is 44.9 Å². The Balaban J connectivity index is 1.07. The second-order valence-electron chi connectivity index (χ2n) is 11.7. The molecule has 34 heavy (non-hydrogen) atoms. The molecule has 0 bridgehead atoms. The Hall–Kier alpha value is -1.57. The number of ether oxygens (including phenoxy) is 1. The molecule has 1 amide bonds. The van der Waals surface area contributed by atoms with Gasteiger partial charge in [-0.15, -0.1) is 0 Å². The number of piperidine rings is 1. The van der Waals surface area contributed by atoms with Crippen LogP contribution in [0.3, 0.4) is 0 Å². The van der Waals surface area contributed by atoms with Crippen LogP contribution in [0.25, 0.3) is 0 Å². The first-order valence-electron chi connectivity index (χ1n) is 13.1. The summed E-state index contributed by atoms with van der Waals surface area (Å²) in [4.78, 5) is 16.6. The van der Waals surface area contributed by atoms with Gasteiger partial charge in [0.15, 0.2) is 5.67 Å². The lowest BCUT2D eigenvalue weighted by Crippen LogP contribution is -2.60. The van der Waals surface area contributed by atoms with Crippen molar-refractivity contribution in [3.63, 3.8) is 0 Å². The quantitative estimate of drug-likeness (QED) is 0.720. The van der Waals surface area contributed by atoms with Gasteiger partial charge >= 0.3 is 0 Å². The fourth-order valence-electron chi connectivity index (χ4n) is 7.14. The minimum Gasteiger partial charge on any atom is -0.385 e. The molecule has 5 nitrogen and oxygen atoms in total. The number of nitrogens with zero attached hydrogens (tertiary/aromatic N) is 2. The zero-order valence-corrected chi connectivity index (χ0v) is 19.9. The Labute approximate surface area is 200 Å². The van der Waals surface area contributed by atoms with Crippen molar-refractivity contribution in [1.82, 2.24) is 9.80 Å². The second kappa shape index (κ2) is 8.24. The predicted molar refractivity (Wildman–Crippen MR) is 124 cm³/mol. The van der Waals surface area contributed by atoms with Crippen LogP contribution in [0.5, 0.6) is 0 Å². The van der Waals surface area contributed by atoms with Crippen LogP contribution in [0.4, 0.5) is 8.78 Å². The van der Waals surface area contributed by atoms with Crippen molar-refractivity contribution >= 4 is 5.91 Å². The monoisotopic (exact) mass is 474 g/mol. The summed E-state index contributed by atoms with van der Waals surface area (Å²) in [7, 11) is 0. The van der Waals surface area contributed by atoms with Gasteiger partial charge in [0.05, 0.1) is 5.60 Å². The zero-order valence-electron chi connectivity index (χ0n) is 19.9. The molecule has 1 N–H and O–H groups in total. The largest absolute Gasteiger partial charge is 0.385 e. The van der Waals surface area contributed by atoms with Crippen LogP contribution < -0.4 is 0 Å². The summed E-state index contributed by atoms with van der Waals surface area (Å²) >= 11 is 0. The third kappa shape index (κ3) is 3.97. The molecule has 0 unspecified atom stereocenters. The number of alkyl halides is 1. The van der Waals surface area contributed by atoms with Crippen LogP contribution in [-0.4, -0.2) is 71.9 Å². The number of hydrogen-bond donors (Lipinski definition) is 1. The fraction of sp³-hybridized carbons (Fsp3) is 0.741. The smallest absolute Gasteiger partial charge is 0.260 e. The van der Waals surface area contributed by atoms with Crippen molar-refractivity contribution in [2.24, 2.45) is 5.41 Å². The molecule has 6 rings (SSSR count). The Bertz CT molecular complexity index is 945. The van der Waals surface area contributed by atoms with Gasteiger partial charge in [-0.05, 0) is 87.2 Å². The fourth-order valence-corrected chi connectivity index (χ4v) is 7.14. The maximum atomic E-state index is 14.2. The number of hydrogen-bond acceptors (Lipinski definition) is 4. The van der Waals surface area contributed by atoms with Crippen molar-refractivity contribution in [3.8, 4) is 0 Å². The number of rotatable bonds is 4. The molecule has 2 aliphatic carbocycles. The average molecular weight is 475 g/mol. The molecule has 7 heteroatoms. The van der Waals surface area contributed by atoms with Crippen LogP contribution >= 0.6 is 0 Å². The summed E-state index contributed by atoms with van der Waals surface area (Å²) in [5, 5.41) is 11.3. The summed E-state index contributed by atoms with van der Waals surface area (Å²) in [6.45, 7) is 4.45. The summed E-state index contributed by atoms with van der Waals surface area (Å²) < 4.78 is 33.8. The minimum absolute atomic E-state index is 0.185. The lowest BCUT2D eigenvalue weighted by Gasteiger charge is -2.49.